The molecule has 3 rings (SSSR count). The molecule has 2 heterocycles. The van der Waals surface area contributed by atoms with Crippen LogP contribution in [-0.4, -0.2) is 51.1 Å². The van der Waals surface area contributed by atoms with E-state index in [0.717, 1.165) is 24.9 Å². The van der Waals surface area contributed by atoms with Crippen molar-refractivity contribution in [1.29, 1.82) is 0 Å². The van der Waals surface area contributed by atoms with E-state index in [2.05, 4.69) is 22.4 Å². The van der Waals surface area contributed by atoms with Crippen LogP contribution in [0.1, 0.15) is 40.5 Å². The van der Waals surface area contributed by atoms with Crippen molar-refractivity contribution in [3.63, 3.8) is 0 Å². The lowest BCUT2D eigenvalue weighted by atomic mass is 10.2. The highest BCUT2D eigenvalue weighted by atomic mass is 35.5. The number of anilines is 1. The molecule has 0 saturated carbocycles. The molecule has 2 aromatic rings. The van der Waals surface area contributed by atoms with Crippen LogP contribution in [0.2, 0.25) is 5.02 Å². The first kappa shape index (κ1) is 25.7. The third-order valence-electron chi connectivity index (χ3n) is 4.06. The van der Waals surface area contributed by atoms with E-state index in [-0.39, 0.29) is 11.9 Å². The van der Waals surface area contributed by atoms with Gasteiger partial charge in [-0.3, -0.25) is 4.79 Å². The number of nitrogens with one attached hydrogen (secondary N) is 1. The fourth-order valence-corrected chi connectivity index (χ4v) is 2.87. The molecular weight excluding hydrogens is 425 g/mol. The van der Waals surface area contributed by atoms with Crippen molar-refractivity contribution < 1.29 is 27.5 Å². The largest absolute Gasteiger partial charge is 0.519 e. The minimum Gasteiger partial charge on any atom is -0.403 e. The third-order valence-corrected chi connectivity index (χ3v) is 4.31. The number of aromatic nitrogens is 2. The van der Waals surface area contributed by atoms with Gasteiger partial charge in [0.25, 0.3) is 0 Å². The van der Waals surface area contributed by atoms with Crippen molar-refractivity contribution >= 4 is 23.5 Å². The van der Waals surface area contributed by atoms with Crippen LogP contribution >= 0.6 is 11.6 Å². The summed E-state index contributed by atoms with van der Waals surface area (Å²) in [7, 11) is 0. The molecular formula is C19H26ClF3N4O3. The maximum atomic E-state index is 12.4. The van der Waals surface area contributed by atoms with Crippen molar-refractivity contribution in [3.8, 4) is 11.5 Å². The number of alkyl halides is 3. The molecule has 30 heavy (non-hydrogen) atoms. The fourth-order valence-electron chi connectivity index (χ4n) is 2.75. The first-order valence-electron chi connectivity index (χ1n) is 9.50. The standard InChI is InChI=1S/C16H19ClN4O2.C2H6.CHF3O/c1-10-4-3-9-21(10)15(22)11(2)18-16-20-19-14(23-16)12-5-7-13(17)8-6-12;1-2;2-1(3,4)5/h5-8,10-11H,3-4,9H2,1-2H3,(H,18,20);1-2H3;5H/t10?,11-;;/m1../s1. The molecule has 0 radical (unpaired) electrons. The Morgan fingerprint density at radius 1 is 1.30 bits per heavy atom. The van der Waals surface area contributed by atoms with Crippen LogP contribution in [0.15, 0.2) is 28.7 Å². The molecule has 1 unspecified atom stereocenters. The third kappa shape index (κ3) is 8.58. The smallest absolute Gasteiger partial charge is 0.403 e. The monoisotopic (exact) mass is 450 g/mol. The van der Waals surface area contributed by atoms with Gasteiger partial charge in [0.15, 0.2) is 0 Å². The zero-order chi connectivity index (χ0) is 22.9. The van der Waals surface area contributed by atoms with Crippen LogP contribution in [0.3, 0.4) is 0 Å². The molecule has 1 aromatic carbocycles. The molecule has 0 spiro atoms. The second-order valence-corrected chi connectivity index (χ2v) is 6.71. The van der Waals surface area contributed by atoms with Crippen molar-refractivity contribution in [3.05, 3.63) is 29.3 Å². The summed E-state index contributed by atoms with van der Waals surface area (Å²) in [6.45, 7) is 8.69. The molecule has 1 aromatic heterocycles. The van der Waals surface area contributed by atoms with Crippen LogP contribution in [0, 0.1) is 0 Å². The maximum Gasteiger partial charge on any atom is 0.519 e. The zero-order valence-electron chi connectivity index (χ0n) is 17.2. The first-order chi connectivity index (χ1) is 14.0. The predicted molar refractivity (Wildman–Crippen MR) is 108 cm³/mol. The second-order valence-electron chi connectivity index (χ2n) is 6.28. The Labute approximate surface area is 178 Å². The van der Waals surface area contributed by atoms with Gasteiger partial charge in [0.05, 0.1) is 0 Å². The van der Waals surface area contributed by atoms with Crippen LogP contribution in [-0.2, 0) is 4.79 Å². The van der Waals surface area contributed by atoms with Crippen molar-refractivity contribution in [2.45, 2.75) is 59.0 Å². The van der Waals surface area contributed by atoms with E-state index in [0.29, 0.717) is 17.0 Å². The molecule has 1 aliphatic rings. The summed E-state index contributed by atoms with van der Waals surface area (Å²) in [6.07, 6.45) is -2.89. The molecule has 2 N–H and O–H groups in total. The van der Waals surface area contributed by atoms with Gasteiger partial charge >= 0.3 is 12.4 Å². The Morgan fingerprint density at radius 2 is 1.87 bits per heavy atom. The number of benzene rings is 1. The maximum absolute atomic E-state index is 12.4. The Balaban J connectivity index is 0.000000565. The molecule has 11 heteroatoms. The van der Waals surface area contributed by atoms with Gasteiger partial charge in [-0.15, -0.1) is 18.3 Å². The number of rotatable bonds is 4. The van der Waals surface area contributed by atoms with Gasteiger partial charge in [-0.25, -0.2) is 0 Å². The van der Waals surface area contributed by atoms with Gasteiger partial charge in [-0.1, -0.05) is 30.5 Å². The summed E-state index contributed by atoms with van der Waals surface area (Å²) in [5.41, 5.74) is 0.780. The van der Waals surface area contributed by atoms with Crippen LogP contribution in [0.4, 0.5) is 19.2 Å². The first-order valence-corrected chi connectivity index (χ1v) is 9.88. The summed E-state index contributed by atoms with van der Waals surface area (Å²) in [5, 5.41) is 18.1. The zero-order valence-corrected chi connectivity index (χ0v) is 18.0. The summed E-state index contributed by atoms with van der Waals surface area (Å²) in [6, 6.07) is 7.25. The van der Waals surface area contributed by atoms with E-state index in [1.165, 1.54) is 0 Å². The van der Waals surface area contributed by atoms with Gasteiger partial charge in [-0.2, -0.15) is 0 Å². The lowest BCUT2D eigenvalue weighted by Gasteiger charge is -2.24. The van der Waals surface area contributed by atoms with Gasteiger partial charge in [-0.05, 0) is 51.0 Å². The quantitative estimate of drug-likeness (QED) is 0.700. The van der Waals surface area contributed by atoms with E-state index in [4.69, 9.17) is 21.1 Å². The second kappa shape index (κ2) is 11.8. The van der Waals surface area contributed by atoms with Crippen molar-refractivity contribution in [2.24, 2.45) is 0 Å². The molecule has 1 fully saturated rings. The Kier molecular flexibility index (Phi) is 10.1. The number of hydrogen-bond donors (Lipinski definition) is 2. The molecule has 0 bridgehead atoms. The topological polar surface area (TPSA) is 91.5 Å². The van der Waals surface area contributed by atoms with Crippen LogP contribution in [0.25, 0.3) is 11.5 Å². The number of aliphatic hydroxyl groups is 1. The average molecular weight is 451 g/mol. The number of likely N-dealkylation sites (tertiary alicyclic amines) is 1. The molecule has 1 amide bonds. The SMILES string of the molecule is CC.CC1CCCN1C(=O)[C@@H](C)Nc1nnc(-c2ccc(Cl)cc2)o1.OC(F)(F)F. The molecule has 1 aliphatic heterocycles. The summed E-state index contributed by atoms with van der Waals surface area (Å²) in [5.74, 6) is 0.444. The summed E-state index contributed by atoms with van der Waals surface area (Å²) in [4.78, 5) is 14.3. The highest BCUT2D eigenvalue weighted by Gasteiger charge is 2.29. The van der Waals surface area contributed by atoms with Crippen molar-refractivity contribution in [2.75, 3.05) is 11.9 Å². The number of amides is 1. The number of carbonyl (C=O) groups excluding carboxylic acids is 1. The average Bonchev–Trinajstić information content (AvgIpc) is 3.31. The number of hydrogen-bond acceptors (Lipinski definition) is 6. The Bertz CT molecular complexity index is 778. The number of carbonyl (C=O) groups is 1. The number of halogens is 4. The van der Waals surface area contributed by atoms with Crippen LogP contribution in [0.5, 0.6) is 0 Å². The fraction of sp³-hybridized carbons (Fsp3) is 0.526. The van der Waals surface area contributed by atoms with Gasteiger partial charge in [0, 0.05) is 23.2 Å². The van der Waals surface area contributed by atoms with E-state index in [1.807, 2.05) is 18.7 Å². The van der Waals surface area contributed by atoms with Gasteiger partial charge < -0.3 is 19.7 Å². The molecule has 7 nitrogen and oxygen atoms in total. The van der Waals surface area contributed by atoms with E-state index in [1.54, 1.807) is 31.2 Å². The number of nitrogens with zero attached hydrogens (tertiary/aromatic N) is 3. The highest BCUT2D eigenvalue weighted by Crippen LogP contribution is 2.23. The Morgan fingerprint density at radius 3 is 2.37 bits per heavy atom. The molecule has 1 saturated heterocycles. The summed E-state index contributed by atoms with van der Waals surface area (Å²) < 4.78 is 35.3. The van der Waals surface area contributed by atoms with Gasteiger partial charge in [0.1, 0.15) is 6.04 Å². The Hall–Kier alpha value is -2.33. The van der Waals surface area contributed by atoms with Crippen LogP contribution < -0.4 is 5.32 Å². The lowest BCUT2D eigenvalue weighted by molar-refractivity contribution is -0.295. The van der Waals surface area contributed by atoms with E-state index in [9.17, 15) is 18.0 Å². The predicted octanol–water partition coefficient (Wildman–Crippen LogP) is 4.73. The molecule has 168 valence electrons. The normalized spacial score (nSPS) is 16.7. The minimum atomic E-state index is -5.00. The van der Waals surface area contributed by atoms with E-state index < -0.39 is 12.4 Å². The highest BCUT2D eigenvalue weighted by molar-refractivity contribution is 6.30. The summed E-state index contributed by atoms with van der Waals surface area (Å²) >= 11 is 5.86. The molecule has 0 aliphatic carbocycles. The van der Waals surface area contributed by atoms with Gasteiger partial charge in [0.2, 0.25) is 11.8 Å². The van der Waals surface area contributed by atoms with E-state index >= 15 is 0 Å². The molecule has 2 atom stereocenters. The lowest BCUT2D eigenvalue weighted by Crippen LogP contribution is -2.43. The van der Waals surface area contributed by atoms with Crippen molar-refractivity contribution in [1.82, 2.24) is 15.1 Å². The minimum absolute atomic E-state index is 0.0567.